The highest BCUT2D eigenvalue weighted by Gasteiger charge is 2.07. The molecular weight excluding hydrogens is 204 g/mol. The van der Waals surface area contributed by atoms with Gasteiger partial charge in [-0.05, 0) is 25.0 Å². The smallest absolute Gasteiger partial charge is 0.143 e. The van der Waals surface area contributed by atoms with Crippen LogP contribution in [0.1, 0.15) is 12.5 Å². The maximum absolute atomic E-state index is 5.88. The fourth-order valence-corrected chi connectivity index (χ4v) is 1.59. The molecule has 0 aromatic heterocycles. The van der Waals surface area contributed by atoms with E-state index in [1.165, 1.54) is 0 Å². The molecule has 1 rings (SSSR count). The van der Waals surface area contributed by atoms with Gasteiger partial charge in [0.2, 0.25) is 0 Å². The van der Waals surface area contributed by atoms with Gasteiger partial charge in [-0.25, -0.2) is 0 Å². The highest BCUT2D eigenvalue weighted by Crippen LogP contribution is 2.29. The van der Waals surface area contributed by atoms with Crippen LogP contribution >= 0.6 is 0 Å². The van der Waals surface area contributed by atoms with Gasteiger partial charge in [0.15, 0.2) is 0 Å². The van der Waals surface area contributed by atoms with Crippen LogP contribution in [0.5, 0.6) is 5.75 Å². The molecule has 3 N–H and O–H groups in total. The van der Waals surface area contributed by atoms with Crippen LogP contribution in [0, 0.1) is 0 Å². The molecule has 0 amide bonds. The molecule has 90 valence electrons. The normalized spacial score (nSPS) is 10.2. The lowest BCUT2D eigenvalue weighted by atomic mass is 10.1. The number of rotatable bonds is 6. The maximum atomic E-state index is 5.88. The molecule has 0 aliphatic carbocycles. The topological polar surface area (TPSA) is 56.5 Å². The number of nitrogen functional groups attached to an aromatic ring is 1. The van der Waals surface area contributed by atoms with Gasteiger partial charge in [0.25, 0.3) is 0 Å². The Morgan fingerprint density at radius 3 is 2.62 bits per heavy atom. The molecule has 0 radical (unpaired) electrons. The molecule has 0 spiro atoms. The summed E-state index contributed by atoms with van der Waals surface area (Å²) in [5, 5.41) is 3.30. The van der Waals surface area contributed by atoms with Gasteiger partial charge >= 0.3 is 0 Å². The van der Waals surface area contributed by atoms with Crippen molar-refractivity contribution in [2.75, 3.05) is 38.4 Å². The van der Waals surface area contributed by atoms with Crippen molar-refractivity contribution in [3.63, 3.8) is 0 Å². The third-order valence-corrected chi connectivity index (χ3v) is 2.40. The third-order valence-electron chi connectivity index (χ3n) is 2.40. The Labute approximate surface area is 96.7 Å². The number of nitrogens with one attached hydrogen (secondary N) is 1. The van der Waals surface area contributed by atoms with Crippen molar-refractivity contribution < 1.29 is 9.47 Å². The molecular formula is C12H20N2O2. The second-order valence-electron chi connectivity index (χ2n) is 3.52. The molecule has 1 aromatic rings. The molecule has 1 aromatic carbocycles. The van der Waals surface area contributed by atoms with Crippen molar-refractivity contribution >= 4 is 11.4 Å². The number of nitrogens with two attached hydrogens (primary N) is 1. The summed E-state index contributed by atoms with van der Waals surface area (Å²) >= 11 is 0. The molecule has 0 atom stereocenters. The van der Waals surface area contributed by atoms with E-state index in [9.17, 15) is 0 Å². The third kappa shape index (κ3) is 3.03. The lowest BCUT2D eigenvalue weighted by Crippen LogP contribution is -2.05. The van der Waals surface area contributed by atoms with Crippen LogP contribution in [0.2, 0.25) is 0 Å². The Bertz CT molecular complexity index is 340. The summed E-state index contributed by atoms with van der Waals surface area (Å²) in [5.74, 6) is 0.706. The predicted octanol–water partition coefficient (Wildman–Crippen LogP) is 1.90. The summed E-state index contributed by atoms with van der Waals surface area (Å²) in [4.78, 5) is 0. The van der Waals surface area contributed by atoms with Crippen LogP contribution in [0.15, 0.2) is 12.1 Å². The highest BCUT2D eigenvalue weighted by atomic mass is 16.5. The molecule has 0 bridgehead atoms. The van der Waals surface area contributed by atoms with Crippen molar-refractivity contribution in [2.45, 2.75) is 13.3 Å². The highest BCUT2D eigenvalue weighted by molar-refractivity contribution is 5.66. The molecule has 0 unspecified atom stereocenters. The van der Waals surface area contributed by atoms with Crippen LogP contribution in [0.3, 0.4) is 0 Å². The number of methoxy groups -OCH3 is 2. The molecule has 4 nitrogen and oxygen atoms in total. The number of anilines is 2. The van der Waals surface area contributed by atoms with Gasteiger partial charge in [-0.2, -0.15) is 0 Å². The fraction of sp³-hybridized carbons (Fsp3) is 0.500. The van der Waals surface area contributed by atoms with Crippen LogP contribution < -0.4 is 15.8 Å². The monoisotopic (exact) mass is 224 g/mol. The Balaban J connectivity index is 2.98. The average molecular weight is 224 g/mol. The first kappa shape index (κ1) is 12.6. The Kier molecular flexibility index (Phi) is 4.92. The summed E-state index contributed by atoms with van der Waals surface area (Å²) < 4.78 is 10.3. The van der Waals surface area contributed by atoms with Crippen LogP contribution in [0.25, 0.3) is 0 Å². The minimum Gasteiger partial charge on any atom is -0.495 e. The van der Waals surface area contributed by atoms with Crippen molar-refractivity contribution in [3.8, 4) is 5.75 Å². The molecule has 0 saturated carbocycles. The van der Waals surface area contributed by atoms with E-state index in [2.05, 4.69) is 12.2 Å². The Morgan fingerprint density at radius 2 is 2.06 bits per heavy atom. The first-order valence-corrected chi connectivity index (χ1v) is 5.42. The van der Waals surface area contributed by atoms with Gasteiger partial charge in [0.05, 0.1) is 19.4 Å². The minimum absolute atomic E-state index is 0.662. The molecule has 16 heavy (non-hydrogen) atoms. The maximum Gasteiger partial charge on any atom is 0.143 e. The summed E-state index contributed by atoms with van der Waals surface area (Å²) in [7, 11) is 3.32. The van der Waals surface area contributed by atoms with Crippen LogP contribution in [-0.4, -0.2) is 27.4 Å². The first-order chi connectivity index (χ1) is 7.72. The lowest BCUT2D eigenvalue weighted by Gasteiger charge is -2.14. The molecule has 0 aliphatic heterocycles. The number of ether oxygens (including phenoxy) is 2. The standard InChI is InChI=1S/C12H20N2O2/c1-4-14-11-8-12(16-3)10(13)7-9(11)5-6-15-2/h7-8,14H,4-6,13H2,1-3H3. The number of hydrogen-bond acceptors (Lipinski definition) is 4. The van der Waals surface area contributed by atoms with E-state index in [1.807, 2.05) is 12.1 Å². The van der Waals surface area contributed by atoms with E-state index in [0.717, 1.165) is 24.2 Å². The zero-order chi connectivity index (χ0) is 12.0. The molecule has 0 heterocycles. The van der Waals surface area contributed by atoms with Crippen molar-refractivity contribution in [1.29, 1.82) is 0 Å². The van der Waals surface area contributed by atoms with Crippen molar-refractivity contribution in [3.05, 3.63) is 17.7 Å². The van der Waals surface area contributed by atoms with Gasteiger partial charge in [-0.1, -0.05) is 0 Å². The summed E-state index contributed by atoms with van der Waals surface area (Å²) in [6.45, 7) is 3.61. The van der Waals surface area contributed by atoms with Crippen molar-refractivity contribution in [2.24, 2.45) is 0 Å². The molecule has 0 aliphatic rings. The fourth-order valence-electron chi connectivity index (χ4n) is 1.59. The van der Waals surface area contributed by atoms with Crippen LogP contribution in [-0.2, 0) is 11.2 Å². The Morgan fingerprint density at radius 1 is 1.31 bits per heavy atom. The van der Waals surface area contributed by atoms with E-state index < -0.39 is 0 Å². The molecule has 0 saturated heterocycles. The first-order valence-electron chi connectivity index (χ1n) is 5.42. The molecule has 0 fully saturated rings. The second-order valence-corrected chi connectivity index (χ2v) is 3.52. The van der Waals surface area contributed by atoms with E-state index in [0.29, 0.717) is 18.0 Å². The SMILES string of the molecule is CCNc1cc(OC)c(N)cc1CCOC. The van der Waals surface area contributed by atoms with Gasteiger partial charge < -0.3 is 20.5 Å². The zero-order valence-corrected chi connectivity index (χ0v) is 10.2. The lowest BCUT2D eigenvalue weighted by molar-refractivity contribution is 0.202. The van der Waals surface area contributed by atoms with Gasteiger partial charge in [-0.15, -0.1) is 0 Å². The van der Waals surface area contributed by atoms with Crippen molar-refractivity contribution in [1.82, 2.24) is 0 Å². The molecule has 4 heteroatoms. The van der Waals surface area contributed by atoms with Crippen LogP contribution in [0.4, 0.5) is 11.4 Å². The average Bonchev–Trinajstić information content (AvgIpc) is 2.29. The summed E-state index contributed by atoms with van der Waals surface area (Å²) in [5.41, 5.74) is 8.75. The second kappa shape index (κ2) is 6.23. The van der Waals surface area contributed by atoms with E-state index in [1.54, 1.807) is 14.2 Å². The zero-order valence-electron chi connectivity index (χ0n) is 10.2. The van der Waals surface area contributed by atoms with E-state index >= 15 is 0 Å². The number of benzene rings is 1. The number of hydrogen-bond donors (Lipinski definition) is 2. The van der Waals surface area contributed by atoms with Gasteiger partial charge in [-0.3, -0.25) is 0 Å². The summed E-state index contributed by atoms with van der Waals surface area (Å²) in [6.07, 6.45) is 0.840. The van der Waals surface area contributed by atoms with Gasteiger partial charge in [0.1, 0.15) is 5.75 Å². The largest absolute Gasteiger partial charge is 0.495 e. The van der Waals surface area contributed by atoms with E-state index in [4.69, 9.17) is 15.2 Å². The quantitative estimate of drug-likeness (QED) is 0.725. The van der Waals surface area contributed by atoms with Gasteiger partial charge in [0, 0.05) is 25.4 Å². The predicted molar refractivity (Wildman–Crippen MR) is 67.2 cm³/mol. The minimum atomic E-state index is 0.662. The summed E-state index contributed by atoms with van der Waals surface area (Å²) in [6, 6.07) is 3.87. The Hall–Kier alpha value is -1.42. The van der Waals surface area contributed by atoms with E-state index in [-0.39, 0.29) is 0 Å².